The Bertz CT molecular complexity index is 666. The fourth-order valence-electron chi connectivity index (χ4n) is 7.44. The van der Waals surface area contributed by atoms with Crippen molar-refractivity contribution < 1.29 is 22.1 Å². The van der Waals surface area contributed by atoms with Crippen molar-refractivity contribution in [3.05, 3.63) is 0 Å². The molecule has 0 saturated heterocycles. The van der Waals surface area contributed by atoms with Crippen LogP contribution in [0.5, 0.6) is 0 Å². The van der Waals surface area contributed by atoms with Gasteiger partial charge in [-0.05, 0) is 0 Å². The Labute approximate surface area is 182 Å². The van der Waals surface area contributed by atoms with Crippen molar-refractivity contribution in [1.82, 2.24) is 0 Å². The second-order valence-electron chi connectivity index (χ2n) is 12.0. The van der Waals surface area contributed by atoms with Crippen LogP contribution in [0.2, 0.25) is 0 Å². The van der Waals surface area contributed by atoms with Gasteiger partial charge in [-0.25, -0.2) is 0 Å². The van der Waals surface area contributed by atoms with E-state index in [0.717, 1.165) is 18.8 Å². The van der Waals surface area contributed by atoms with Gasteiger partial charge in [0.2, 0.25) is 0 Å². The molecule has 164 valence electrons. The van der Waals surface area contributed by atoms with Crippen LogP contribution in [0.4, 0.5) is 0 Å². The van der Waals surface area contributed by atoms with Gasteiger partial charge in [-0.1, -0.05) is 0 Å². The van der Waals surface area contributed by atoms with Crippen LogP contribution in [0.1, 0.15) is 87.0 Å². The molecule has 4 saturated carbocycles. The normalized spacial score (nSPS) is 45.9. The zero-order valence-electron chi connectivity index (χ0n) is 19.4. The zero-order valence-corrected chi connectivity index (χ0v) is 20.5. The van der Waals surface area contributed by atoms with Crippen LogP contribution >= 0.6 is 0 Å². The summed E-state index contributed by atoms with van der Waals surface area (Å²) in [6, 6.07) is 0. The molecule has 0 amide bonds. The summed E-state index contributed by atoms with van der Waals surface area (Å²) in [6.07, 6.45) is 7.41. The predicted octanol–water partition coefficient (Wildman–Crippen LogP) is 5.08. The maximum absolute atomic E-state index is 11.0. The standard InChI is InChI=1S/C23H40O4.Al.O/c1-19(2)15-8-10-21(19,5)17(12-15)25-14-23(7,27-24)26-18-13-16-9-11-22(18,6)20(16,3)4;;/h15-18,24H,8-14H2,1-7H3;;/q;+1;/p-1. The van der Waals surface area contributed by atoms with E-state index in [2.05, 4.69) is 41.5 Å². The molecule has 4 fully saturated rings. The minimum atomic E-state index is -1.45. The van der Waals surface area contributed by atoms with E-state index in [0.29, 0.717) is 17.9 Å². The van der Waals surface area contributed by atoms with Crippen LogP contribution < -0.4 is 0 Å². The van der Waals surface area contributed by atoms with Crippen LogP contribution in [0, 0.1) is 33.5 Å². The minimum absolute atomic E-state index is 0.0992. The molecule has 0 aliphatic heterocycles. The van der Waals surface area contributed by atoms with Crippen LogP contribution in [0.3, 0.4) is 0 Å². The van der Waals surface area contributed by atoms with Gasteiger partial charge in [-0.15, -0.1) is 0 Å². The monoisotopic (exact) mass is 422 g/mol. The van der Waals surface area contributed by atoms with Crippen molar-refractivity contribution in [1.29, 1.82) is 0 Å². The summed E-state index contributed by atoms with van der Waals surface area (Å²) in [4.78, 5) is 5.56. The topological polar surface area (TPSA) is 54.0 Å². The van der Waals surface area contributed by atoms with E-state index in [4.69, 9.17) is 18.3 Å². The number of rotatable bonds is 8. The van der Waals surface area contributed by atoms with E-state index in [-0.39, 0.29) is 28.5 Å². The molecule has 0 N–H and O–H groups in total. The number of hydrogen-bond donors (Lipinski definition) is 0. The first-order valence-corrected chi connectivity index (χ1v) is 12.4. The molecule has 4 rings (SSSR count). The van der Waals surface area contributed by atoms with Gasteiger partial charge in [0.15, 0.2) is 0 Å². The van der Waals surface area contributed by atoms with Gasteiger partial charge in [0.25, 0.3) is 0 Å². The van der Waals surface area contributed by atoms with Crippen molar-refractivity contribution in [2.24, 2.45) is 33.5 Å². The summed E-state index contributed by atoms with van der Waals surface area (Å²) in [5.41, 5.74) is 0.857. The average Bonchev–Trinajstić information content (AvgIpc) is 3.16. The fraction of sp³-hybridized carbons (Fsp3) is 1.00. The molecule has 0 aromatic rings. The summed E-state index contributed by atoms with van der Waals surface area (Å²) < 4.78 is 29.1. The maximum atomic E-state index is 11.0. The molecule has 6 heteroatoms. The quantitative estimate of drug-likeness (QED) is 0.236. The van der Waals surface area contributed by atoms with Gasteiger partial charge >= 0.3 is 183 Å². The third-order valence-corrected chi connectivity index (χ3v) is 10.8. The Morgan fingerprint density at radius 1 is 0.897 bits per heavy atom. The summed E-state index contributed by atoms with van der Waals surface area (Å²) in [6.45, 7) is 16.4. The van der Waals surface area contributed by atoms with Crippen molar-refractivity contribution >= 4 is 15.5 Å². The van der Waals surface area contributed by atoms with Crippen molar-refractivity contribution in [2.75, 3.05) is 6.61 Å². The van der Waals surface area contributed by atoms with E-state index in [9.17, 15) is 3.80 Å². The SMILES string of the molecule is CC(COC1CC2CCC1(C)C2(C)C)(O[O][Al]=[O])OC1CC2CCC1(C)C2(C)C. The third kappa shape index (κ3) is 3.11. The molecule has 4 aliphatic rings. The number of hydrogen-bond acceptors (Lipinski definition) is 5. The summed E-state index contributed by atoms with van der Waals surface area (Å²) >= 11 is -1.45. The number of ether oxygens (including phenoxy) is 2. The van der Waals surface area contributed by atoms with Gasteiger partial charge in [-0.3, -0.25) is 0 Å². The van der Waals surface area contributed by atoms with Crippen molar-refractivity contribution in [2.45, 2.75) is 105 Å². The van der Waals surface area contributed by atoms with E-state index < -0.39 is 21.3 Å². The Balaban J connectivity index is 1.46. The van der Waals surface area contributed by atoms with Crippen molar-refractivity contribution in [3.63, 3.8) is 0 Å². The predicted molar refractivity (Wildman–Crippen MR) is 110 cm³/mol. The molecule has 7 atom stereocenters. The summed E-state index contributed by atoms with van der Waals surface area (Å²) in [5, 5.41) is 0. The zero-order chi connectivity index (χ0) is 21.3. The molecule has 4 aliphatic carbocycles. The molecule has 0 radical (unpaired) electrons. The van der Waals surface area contributed by atoms with Crippen molar-refractivity contribution in [3.8, 4) is 0 Å². The Hall–Kier alpha value is 0.0125. The Kier molecular flexibility index (Phi) is 5.37. The van der Waals surface area contributed by atoms with Gasteiger partial charge in [-0.2, -0.15) is 0 Å². The van der Waals surface area contributed by atoms with Crippen LogP contribution in [0.25, 0.3) is 0 Å². The summed E-state index contributed by atoms with van der Waals surface area (Å²) in [5.74, 6) is 0.353. The average molecular weight is 423 g/mol. The first-order chi connectivity index (χ1) is 13.4. The fourth-order valence-corrected chi connectivity index (χ4v) is 7.69. The van der Waals surface area contributed by atoms with Gasteiger partial charge in [0.05, 0.1) is 0 Å². The van der Waals surface area contributed by atoms with Gasteiger partial charge in [0, 0.05) is 0 Å². The molecular formula is C23H39AlO5. The first-order valence-electron chi connectivity index (χ1n) is 11.5. The van der Waals surface area contributed by atoms with Crippen LogP contribution in [-0.2, 0) is 22.1 Å². The van der Waals surface area contributed by atoms with Gasteiger partial charge < -0.3 is 0 Å². The molecule has 29 heavy (non-hydrogen) atoms. The molecule has 0 spiro atoms. The number of fused-ring (bicyclic) bond motifs is 4. The molecule has 5 nitrogen and oxygen atoms in total. The molecular weight excluding hydrogens is 383 g/mol. The van der Waals surface area contributed by atoms with Gasteiger partial charge in [0.1, 0.15) is 0 Å². The van der Waals surface area contributed by atoms with E-state index >= 15 is 0 Å². The Morgan fingerprint density at radius 2 is 1.41 bits per heavy atom. The Morgan fingerprint density at radius 3 is 1.83 bits per heavy atom. The van der Waals surface area contributed by atoms with E-state index in [1.54, 1.807) is 0 Å². The summed E-state index contributed by atoms with van der Waals surface area (Å²) in [7, 11) is 0. The van der Waals surface area contributed by atoms with E-state index in [1.807, 2.05) is 6.92 Å². The first kappa shape index (κ1) is 22.2. The molecule has 0 heterocycles. The molecule has 7 unspecified atom stereocenters. The second kappa shape index (κ2) is 7.01. The second-order valence-corrected chi connectivity index (χ2v) is 12.4. The van der Waals surface area contributed by atoms with Crippen LogP contribution in [-0.4, -0.2) is 40.1 Å². The van der Waals surface area contributed by atoms with E-state index in [1.165, 1.54) is 25.7 Å². The molecule has 4 bridgehead atoms. The molecule has 0 aromatic heterocycles. The molecule has 0 aromatic carbocycles. The van der Waals surface area contributed by atoms with Crippen LogP contribution in [0.15, 0.2) is 0 Å². The third-order valence-electron chi connectivity index (χ3n) is 10.6.